The average molecular weight is 487 g/mol. The van der Waals surface area contributed by atoms with E-state index in [-0.39, 0.29) is 32.4 Å². The summed E-state index contributed by atoms with van der Waals surface area (Å²) in [5.74, 6) is -0.386. The van der Waals surface area contributed by atoms with E-state index in [0.29, 0.717) is 17.5 Å². The maximum atomic E-state index is 13.7. The molecule has 3 nitrogen and oxygen atoms in total. The van der Waals surface area contributed by atoms with Gasteiger partial charge in [0, 0.05) is 0 Å². The van der Waals surface area contributed by atoms with E-state index in [1.807, 2.05) is 66.7 Å². The Morgan fingerprint density at radius 1 is 0.688 bits per heavy atom. The number of rotatable bonds is 10. The molecular weight excluding hydrogens is 463 g/mol. The zero-order chi connectivity index (χ0) is 22.2. The predicted octanol–water partition coefficient (Wildman–Crippen LogP) is 5.27. The van der Waals surface area contributed by atoms with Crippen molar-refractivity contribution in [2.24, 2.45) is 11.8 Å². The molecule has 0 aliphatic rings. The van der Waals surface area contributed by atoms with Crippen LogP contribution in [0.4, 0.5) is 0 Å². The van der Waals surface area contributed by atoms with Crippen molar-refractivity contribution in [1.82, 2.24) is 0 Å². The summed E-state index contributed by atoms with van der Waals surface area (Å²) in [6.45, 7) is 0. The zero-order valence-electron chi connectivity index (χ0n) is 17.6. The van der Waals surface area contributed by atoms with Gasteiger partial charge in [-0.05, 0) is 0 Å². The van der Waals surface area contributed by atoms with Gasteiger partial charge in [0.2, 0.25) is 0 Å². The Morgan fingerprint density at radius 2 is 1.22 bits per heavy atom. The summed E-state index contributed by atoms with van der Waals surface area (Å²) in [6, 6.07) is 32.3. The van der Waals surface area contributed by atoms with Crippen molar-refractivity contribution in [2.45, 2.75) is 11.7 Å². The molecule has 0 amide bonds. The van der Waals surface area contributed by atoms with Crippen LogP contribution in [0.25, 0.3) is 0 Å². The van der Waals surface area contributed by atoms with Crippen molar-refractivity contribution in [2.75, 3.05) is 0 Å². The van der Waals surface area contributed by atoms with Gasteiger partial charge in [0.25, 0.3) is 0 Å². The number of ketones is 2. The summed E-state index contributed by atoms with van der Waals surface area (Å²) in [5.41, 5.74) is 1.14. The fourth-order valence-corrected chi connectivity index (χ4v) is 6.03. The maximum absolute atomic E-state index is 13.7. The van der Waals surface area contributed by atoms with E-state index in [1.54, 1.807) is 30.5 Å². The summed E-state index contributed by atoms with van der Waals surface area (Å²) in [5, 5.41) is 0.763. The molecule has 1 heterocycles. The van der Waals surface area contributed by atoms with Crippen LogP contribution >= 0.6 is 0 Å². The normalized spacial score (nSPS) is 11.9. The van der Waals surface area contributed by atoms with E-state index >= 15 is 0 Å². The van der Waals surface area contributed by atoms with Crippen molar-refractivity contribution in [3.05, 3.63) is 126 Å². The minimum atomic E-state index is -0.768. The Hall–Kier alpha value is -3.20. The third kappa shape index (κ3) is 5.53. The van der Waals surface area contributed by atoms with E-state index in [1.165, 1.54) is 4.46 Å². The van der Waals surface area contributed by atoms with Crippen molar-refractivity contribution in [1.29, 1.82) is 0 Å². The second-order valence-electron chi connectivity index (χ2n) is 7.61. The summed E-state index contributed by atoms with van der Waals surface area (Å²) < 4.78 is 6.87. The van der Waals surface area contributed by atoms with Crippen molar-refractivity contribution < 1.29 is 14.0 Å². The van der Waals surface area contributed by atoms with Gasteiger partial charge >= 0.3 is 195 Å². The molecule has 1 atom stereocenters. The molecule has 0 spiro atoms. The summed E-state index contributed by atoms with van der Waals surface area (Å²) in [7, 11) is 0. The van der Waals surface area contributed by atoms with Gasteiger partial charge in [-0.3, -0.25) is 0 Å². The number of furan rings is 1. The van der Waals surface area contributed by atoms with Gasteiger partial charge in [0.05, 0.1) is 0 Å². The van der Waals surface area contributed by atoms with Crippen LogP contribution in [0.1, 0.15) is 26.5 Å². The van der Waals surface area contributed by atoms with Gasteiger partial charge in [-0.2, -0.15) is 0 Å². The summed E-state index contributed by atoms with van der Waals surface area (Å²) in [6.07, 6.45) is 2.19. The third-order valence-electron chi connectivity index (χ3n) is 5.40. The minimum absolute atomic E-state index is 0.125. The molecule has 160 valence electrons. The van der Waals surface area contributed by atoms with Gasteiger partial charge in [-0.25, -0.2) is 0 Å². The molecule has 0 N–H and O–H groups in total. The Labute approximate surface area is 194 Å². The first-order valence-corrected chi connectivity index (χ1v) is 12.7. The Bertz CT molecular complexity index is 1070. The van der Waals surface area contributed by atoms with E-state index in [4.69, 9.17) is 4.42 Å². The molecule has 4 rings (SSSR count). The molecular formula is C28H24O3Se. The first-order chi connectivity index (χ1) is 15.7. The molecule has 1 aromatic heterocycles. The van der Waals surface area contributed by atoms with Crippen LogP contribution in [0.5, 0.6) is 0 Å². The fourth-order valence-electron chi connectivity index (χ4n) is 3.79. The van der Waals surface area contributed by atoms with Crippen LogP contribution < -0.4 is 4.46 Å². The first-order valence-electron chi connectivity index (χ1n) is 10.6. The van der Waals surface area contributed by atoms with Crippen LogP contribution in [0, 0.1) is 11.8 Å². The van der Waals surface area contributed by atoms with E-state index in [2.05, 4.69) is 12.1 Å². The second-order valence-corrected chi connectivity index (χ2v) is 9.90. The molecule has 0 saturated heterocycles. The van der Waals surface area contributed by atoms with Gasteiger partial charge < -0.3 is 0 Å². The standard InChI is InChI=1S/C28H24O3Se/c29-27(21-11-4-1-5-12-21)26(28(30)22-13-6-2-7-14-22)23(19-24-15-10-18-31-24)20-32-25-16-8-3-9-17-25/h1-18,23,26H,19-20H2. The zero-order valence-corrected chi connectivity index (χ0v) is 19.3. The monoisotopic (exact) mass is 488 g/mol. The van der Waals surface area contributed by atoms with Gasteiger partial charge in [-0.15, -0.1) is 0 Å². The molecule has 4 aromatic rings. The number of Topliss-reactive ketones (excluding diaryl/α,β-unsaturated/α-hetero) is 2. The SMILES string of the molecule is O=C(c1ccccc1)C(C(=O)c1ccccc1)C(C[Se]c1ccccc1)Cc1ccco1. The average Bonchev–Trinajstić information content (AvgIpc) is 3.37. The molecule has 0 fully saturated rings. The molecule has 32 heavy (non-hydrogen) atoms. The Kier molecular flexibility index (Phi) is 7.50. The molecule has 3 aromatic carbocycles. The Morgan fingerprint density at radius 3 is 1.72 bits per heavy atom. The van der Waals surface area contributed by atoms with Crippen LogP contribution in [0.2, 0.25) is 5.32 Å². The van der Waals surface area contributed by atoms with Crippen molar-refractivity contribution >= 4 is 31.0 Å². The predicted molar refractivity (Wildman–Crippen MR) is 128 cm³/mol. The van der Waals surface area contributed by atoms with E-state index in [0.717, 1.165) is 11.1 Å². The summed E-state index contributed by atoms with van der Waals surface area (Å²) in [4.78, 5) is 27.4. The Balaban J connectivity index is 1.70. The van der Waals surface area contributed by atoms with Gasteiger partial charge in [0.15, 0.2) is 0 Å². The number of hydrogen-bond acceptors (Lipinski definition) is 3. The fraction of sp³-hybridized carbons (Fsp3) is 0.143. The summed E-state index contributed by atoms with van der Waals surface area (Å²) >= 11 is 0.130. The molecule has 0 saturated carbocycles. The second kappa shape index (κ2) is 10.9. The molecule has 4 heteroatoms. The molecule has 0 radical (unpaired) electrons. The van der Waals surface area contributed by atoms with Gasteiger partial charge in [0.1, 0.15) is 0 Å². The first kappa shape index (κ1) is 22.0. The quantitative estimate of drug-likeness (QED) is 0.174. The number of carbonyl (C=O) groups excluding carboxylic acids is 2. The molecule has 0 aliphatic heterocycles. The topological polar surface area (TPSA) is 47.3 Å². The number of benzene rings is 3. The van der Waals surface area contributed by atoms with E-state index in [9.17, 15) is 9.59 Å². The van der Waals surface area contributed by atoms with Crippen molar-refractivity contribution in [3.63, 3.8) is 0 Å². The molecule has 0 bridgehead atoms. The molecule has 0 aliphatic carbocycles. The number of hydrogen-bond donors (Lipinski definition) is 0. The third-order valence-corrected chi connectivity index (χ3v) is 7.92. The van der Waals surface area contributed by atoms with Crippen LogP contribution in [0.15, 0.2) is 114 Å². The van der Waals surface area contributed by atoms with Crippen LogP contribution in [0.3, 0.4) is 0 Å². The van der Waals surface area contributed by atoms with Crippen LogP contribution in [-0.4, -0.2) is 26.5 Å². The molecule has 1 unspecified atom stereocenters. The van der Waals surface area contributed by atoms with Crippen LogP contribution in [-0.2, 0) is 6.42 Å². The van der Waals surface area contributed by atoms with Crippen molar-refractivity contribution in [3.8, 4) is 0 Å². The van der Waals surface area contributed by atoms with E-state index < -0.39 is 5.92 Å². The number of carbonyl (C=O) groups is 2. The van der Waals surface area contributed by atoms with Gasteiger partial charge in [-0.1, -0.05) is 0 Å².